The normalized spacial score (nSPS) is 12.1. The van der Waals surface area contributed by atoms with Crippen LogP contribution in [0, 0.1) is 18.4 Å². The van der Waals surface area contributed by atoms with Crippen molar-refractivity contribution in [2.75, 3.05) is 0 Å². The van der Waals surface area contributed by atoms with Crippen molar-refractivity contribution in [3.8, 4) is 11.5 Å². The molecule has 0 saturated heterocycles. The van der Waals surface area contributed by atoms with E-state index in [1.165, 1.54) is 16.5 Å². The van der Waals surface area contributed by atoms with Crippen LogP contribution in [0.25, 0.3) is 10.9 Å². The highest BCUT2D eigenvalue weighted by atomic mass is 28.3. The third-order valence-corrected chi connectivity index (χ3v) is 11.7. The minimum absolute atomic E-state index is 0.678. The summed E-state index contributed by atoms with van der Waals surface area (Å²) in [5.74, 6) is 3.58. The second-order valence-electron chi connectivity index (χ2n) is 7.87. The molecule has 0 bridgehead atoms. The van der Waals surface area contributed by atoms with Crippen LogP contribution in [0.5, 0.6) is 0 Å². The molecule has 0 N–H and O–H groups in total. The fourth-order valence-electron chi connectivity index (χ4n) is 4.29. The summed E-state index contributed by atoms with van der Waals surface area (Å²) in [6.07, 6.45) is 2.68. The minimum Gasteiger partial charge on any atom is -0.256 e. The lowest BCUT2D eigenvalue weighted by Gasteiger charge is -2.38. The number of benzene rings is 1. The highest BCUT2D eigenvalue weighted by molar-refractivity contribution is 6.90. The first kappa shape index (κ1) is 18.7. The minimum atomic E-state index is -1.64. The summed E-state index contributed by atoms with van der Waals surface area (Å²) in [6.45, 7) is 16.3. The molecule has 0 spiro atoms. The van der Waals surface area contributed by atoms with E-state index in [9.17, 15) is 0 Å². The van der Waals surface area contributed by atoms with Crippen molar-refractivity contribution in [1.29, 1.82) is 0 Å². The number of nitrogens with zero attached hydrogens (tertiary/aromatic N) is 1. The van der Waals surface area contributed by atoms with Gasteiger partial charge in [0.15, 0.2) is 0 Å². The van der Waals surface area contributed by atoms with Gasteiger partial charge in [0, 0.05) is 18.0 Å². The Morgan fingerprint density at radius 1 is 1.00 bits per heavy atom. The highest BCUT2D eigenvalue weighted by Gasteiger charge is 2.41. The highest BCUT2D eigenvalue weighted by Crippen LogP contribution is 2.40. The molecule has 2 aromatic rings. The molecule has 0 saturated carbocycles. The number of rotatable bonds is 4. The SMILES string of the molecule is Cc1cc(CC#C[Si](C(C)C)(C(C)C)C(C)C)c2ncccc2c1. The smallest absolute Gasteiger partial charge is 0.145 e. The molecule has 0 atom stereocenters. The third-order valence-electron chi connectivity index (χ3n) is 5.38. The van der Waals surface area contributed by atoms with E-state index in [4.69, 9.17) is 0 Å². The summed E-state index contributed by atoms with van der Waals surface area (Å²) in [5, 5.41) is 1.22. The lowest BCUT2D eigenvalue weighted by atomic mass is 10.0. The molecule has 128 valence electrons. The van der Waals surface area contributed by atoms with Gasteiger partial charge in [0.25, 0.3) is 0 Å². The monoisotopic (exact) mass is 337 g/mol. The van der Waals surface area contributed by atoms with Crippen LogP contribution >= 0.6 is 0 Å². The average Bonchev–Trinajstić information content (AvgIpc) is 2.50. The summed E-state index contributed by atoms with van der Waals surface area (Å²) >= 11 is 0. The Bertz CT molecular complexity index is 741. The van der Waals surface area contributed by atoms with E-state index in [0.717, 1.165) is 11.9 Å². The number of fused-ring (bicyclic) bond motifs is 1. The Morgan fingerprint density at radius 2 is 1.62 bits per heavy atom. The van der Waals surface area contributed by atoms with Gasteiger partial charge in [0.05, 0.1) is 5.52 Å². The number of hydrogen-bond acceptors (Lipinski definition) is 1. The summed E-state index contributed by atoms with van der Waals surface area (Å²) in [4.78, 5) is 4.59. The molecule has 0 fully saturated rings. The van der Waals surface area contributed by atoms with Crippen molar-refractivity contribution in [3.63, 3.8) is 0 Å². The average molecular weight is 338 g/mol. The lowest BCUT2D eigenvalue weighted by molar-refractivity contribution is 0.838. The molecular formula is C22H31NSi. The van der Waals surface area contributed by atoms with Gasteiger partial charge in [-0.3, -0.25) is 4.98 Å². The van der Waals surface area contributed by atoms with Crippen molar-refractivity contribution >= 4 is 19.0 Å². The van der Waals surface area contributed by atoms with E-state index in [1.807, 2.05) is 12.3 Å². The van der Waals surface area contributed by atoms with E-state index in [0.29, 0.717) is 16.6 Å². The van der Waals surface area contributed by atoms with Crippen LogP contribution in [0.15, 0.2) is 30.5 Å². The Balaban J connectivity index is 2.42. The molecule has 1 aromatic carbocycles. The van der Waals surface area contributed by atoms with Crippen LogP contribution < -0.4 is 0 Å². The molecule has 1 nitrogen and oxygen atoms in total. The summed E-state index contributed by atoms with van der Waals surface area (Å²) in [7, 11) is -1.64. The summed E-state index contributed by atoms with van der Waals surface area (Å²) in [5.41, 5.74) is 9.51. The van der Waals surface area contributed by atoms with Crippen LogP contribution in [0.4, 0.5) is 0 Å². The lowest BCUT2D eigenvalue weighted by Crippen LogP contribution is -2.43. The van der Waals surface area contributed by atoms with Crippen molar-refractivity contribution in [1.82, 2.24) is 4.98 Å². The predicted molar refractivity (Wildman–Crippen MR) is 109 cm³/mol. The molecule has 1 heterocycles. The fourth-order valence-corrected chi connectivity index (χ4v) is 9.55. The van der Waals surface area contributed by atoms with Crippen LogP contribution in [-0.2, 0) is 6.42 Å². The van der Waals surface area contributed by atoms with Crippen molar-refractivity contribution in [2.45, 2.75) is 71.5 Å². The molecule has 0 aliphatic carbocycles. The van der Waals surface area contributed by atoms with Crippen molar-refractivity contribution in [2.24, 2.45) is 0 Å². The predicted octanol–water partition coefficient (Wildman–Crippen LogP) is 6.31. The van der Waals surface area contributed by atoms with Gasteiger partial charge in [-0.15, -0.1) is 11.5 Å². The fraction of sp³-hybridized carbons (Fsp3) is 0.500. The number of pyridine rings is 1. The maximum atomic E-state index is 4.59. The number of hydrogen-bond donors (Lipinski definition) is 0. The molecule has 0 aliphatic heterocycles. The van der Waals surface area contributed by atoms with E-state index in [-0.39, 0.29) is 0 Å². The van der Waals surface area contributed by atoms with Crippen LogP contribution in [0.3, 0.4) is 0 Å². The third kappa shape index (κ3) is 3.57. The van der Waals surface area contributed by atoms with Gasteiger partial charge < -0.3 is 0 Å². The Kier molecular flexibility index (Phi) is 5.88. The van der Waals surface area contributed by atoms with E-state index in [2.05, 4.69) is 83.1 Å². The Hall–Kier alpha value is -1.59. The zero-order chi connectivity index (χ0) is 17.9. The molecule has 0 radical (unpaired) electrons. The van der Waals surface area contributed by atoms with Gasteiger partial charge in [-0.25, -0.2) is 0 Å². The Labute approximate surface area is 148 Å². The van der Waals surface area contributed by atoms with Crippen molar-refractivity contribution in [3.05, 3.63) is 41.6 Å². The second kappa shape index (κ2) is 7.53. The van der Waals surface area contributed by atoms with Gasteiger partial charge >= 0.3 is 0 Å². The maximum absolute atomic E-state index is 4.59. The van der Waals surface area contributed by atoms with Gasteiger partial charge in [-0.1, -0.05) is 59.2 Å². The summed E-state index contributed by atoms with van der Waals surface area (Å²) in [6, 6.07) is 8.59. The van der Waals surface area contributed by atoms with Crippen LogP contribution in [0.1, 0.15) is 52.7 Å². The zero-order valence-corrected chi connectivity index (χ0v) is 17.3. The van der Waals surface area contributed by atoms with E-state index in [1.54, 1.807) is 0 Å². The van der Waals surface area contributed by atoms with Gasteiger partial charge in [0.1, 0.15) is 8.07 Å². The quantitative estimate of drug-likeness (QED) is 0.471. The standard InChI is InChI=1S/C22H31NSi/c1-16(2)24(17(3)4,18(5)6)13-9-11-21-15-19(7)14-20-10-8-12-23-22(20)21/h8,10,12,14-18H,11H2,1-7H3. The zero-order valence-electron chi connectivity index (χ0n) is 16.3. The first-order valence-corrected chi connectivity index (χ1v) is 11.4. The molecule has 1 aromatic heterocycles. The molecule has 2 rings (SSSR count). The van der Waals surface area contributed by atoms with Gasteiger partial charge in [-0.2, -0.15) is 0 Å². The molecule has 2 heteroatoms. The Morgan fingerprint density at radius 3 is 2.21 bits per heavy atom. The van der Waals surface area contributed by atoms with Crippen molar-refractivity contribution < 1.29 is 0 Å². The van der Waals surface area contributed by atoms with Crippen LogP contribution in [0.2, 0.25) is 16.6 Å². The van der Waals surface area contributed by atoms with Gasteiger partial charge in [0.2, 0.25) is 0 Å². The summed E-state index contributed by atoms with van der Waals surface area (Å²) < 4.78 is 0. The molecule has 24 heavy (non-hydrogen) atoms. The molecule has 0 aliphatic rings. The molecule has 0 unspecified atom stereocenters. The largest absolute Gasteiger partial charge is 0.256 e. The van der Waals surface area contributed by atoms with E-state index >= 15 is 0 Å². The topological polar surface area (TPSA) is 12.9 Å². The van der Waals surface area contributed by atoms with Crippen LogP contribution in [-0.4, -0.2) is 13.1 Å². The van der Waals surface area contributed by atoms with Gasteiger partial charge in [-0.05, 0) is 41.2 Å². The maximum Gasteiger partial charge on any atom is 0.145 e. The number of aryl methyl sites for hydroxylation is 1. The van der Waals surface area contributed by atoms with E-state index < -0.39 is 8.07 Å². The first-order valence-electron chi connectivity index (χ1n) is 9.13. The first-order chi connectivity index (χ1) is 11.3. The number of aromatic nitrogens is 1. The molecular weight excluding hydrogens is 306 g/mol. The molecule has 0 amide bonds. The second-order valence-corrected chi connectivity index (χ2v) is 13.5.